The molecule has 0 aliphatic carbocycles. The smallest absolute Gasteiger partial charge is 0.334 e. The second kappa shape index (κ2) is 9.22. The maximum Gasteiger partial charge on any atom is 0.334 e. The molecule has 158 valence electrons. The van der Waals surface area contributed by atoms with Crippen LogP contribution >= 0.6 is 11.3 Å². The lowest BCUT2D eigenvalue weighted by molar-refractivity contribution is -0.140. The summed E-state index contributed by atoms with van der Waals surface area (Å²) in [6.07, 6.45) is 2.25. The Kier molecular flexibility index (Phi) is 6.23. The van der Waals surface area contributed by atoms with Gasteiger partial charge in [0.1, 0.15) is 17.6 Å². The van der Waals surface area contributed by atoms with Gasteiger partial charge in [0.05, 0.1) is 4.88 Å². The fourth-order valence-electron chi connectivity index (χ4n) is 3.59. The van der Waals surface area contributed by atoms with E-state index in [1.54, 1.807) is 35.2 Å². The van der Waals surface area contributed by atoms with Gasteiger partial charge < -0.3 is 9.64 Å². The van der Waals surface area contributed by atoms with Gasteiger partial charge in [-0.1, -0.05) is 6.07 Å². The summed E-state index contributed by atoms with van der Waals surface area (Å²) in [5.74, 6) is -1.00. The van der Waals surface area contributed by atoms with Crippen LogP contribution in [0.4, 0.5) is 4.39 Å². The molecule has 1 fully saturated rings. The Morgan fingerprint density at radius 3 is 2.26 bits per heavy atom. The summed E-state index contributed by atoms with van der Waals surface area (Å²) in [6.45, 7) is 0.515. The van der Waals surface area contributed by atoms with Crippen molar-refractivity contribution in [1.29, 1.82) is 0 Å². The van der Waals surface area contributed by atoms with Gasteiger partial charge in [-0.15, -0.1) is 11.3 Å². The second-order valence-electron chi connectivity index (χ2n) is 7.27. The fourth-order valence-corrected chi connectivity index (χ4v) is 4.27. The Morgan fingerprint density at radius 1 is 0.935 bits per heavy atom. The normalized spacial score (nSPS) is 16.0. The monoisotopic (exact) mass is 437 g/mol. The number of hydrogen-bond acceptors (Lipinski definition) is 5. The molecule has 5 nitrogen and oxygen atoms in total. The third-order valence-corrected chi connectivity index (χ3v) is 6.07. The summed E-state index contributed by atoms with van der Waals surface area (Å²) in [4.78, 5) is 40.3. The Morgan fingerprint density at radius 2 is 1.61 bits per heavy atom. The maximum absolute atomic E-state index is 13.1. The van der Waals surface area contributed by atoms with Crippen LogP contribution in [0.3, 0.4) is 0 Å². The zero-order valence-corrected chi connectivity index (χ0v) is 17.4. The van der Waals surface area contributed by atoms with Crippen molar-refractivity contribution in [3.05, 3.63) is 87.9 Å². The molecular formula is C24H20FNO4S. The van der Waals surface area contributed by atoms with Crippen LogP contribution in [0, 0.1) is 5.82 Å². The highest BCUT2D eigenvalue weighted by molar-refractivity contribution is 7.12. The van der Waals surface area contributed by atoms with Gasteiger partial charge in [0.2, 0.25) is 0 Å². The van der Waals surface area contributed by atoms with Gasteiger partial charge in [-0.2, -0.15) is 0 Å². The van der Waals surface area contributed by atoms with E-state index in [1.165, 1.54) is 35.6 Å². The van der Waals surface area contributed by atoms with Crippen molar-refractivity contribution >= 4 is 29.0 Å². The topological polar surface area (TPSA) is 63.7 Å². The highest BCUT2D eigenvalue weighted by Crippen LogP contribution is 2.24. The summed E-state index contributed by atoms with van der Waals surface area (Å²) >= 11 is 1.35. The standard InChI is InChI=1S/C24H20FNO4S/c25-18-10-6-16(7-11-18)22(27)17-8-12-19(13-9-17)30-24(29)20-4-1-2-14-26(20)23(28)21-5-3-15-31-21/h3,5-13,15,20H,1-2,4,14H2. The number of piperidine rings is 1. The van der Waals surface area contributed by atoms with Crippen molar-refractivity contribution in [2.75, 3.05) is 6.54 Å². The number of nitrogens with zero attached hydrogens (tertiary/aromatic N) is 1. The largest absolute Gasteiger partial charge is 0.425 e. The number of benzene rings is 2. The molecule has 1 aliphatic heterocycles. The highest BCUT2D eigenvalue weighted by atomic mass is 32.1. The van der Waals surface area contributed by atoms with Gasteiger partial charge in [0, 0.05) is 17.7 Å². The molecule has 0 bridgehead atoms. The highest BCUT2D eigenvalue weighted by Gasteiger charge is 2.34. The molecule has 1 aromatic heterocycles. The molecule has 1 amide bonds. The zero-order chi connectivity index (χ0) is 21.8. The Labute approximate surface area is 183 Å². The van der Waals surface area contributed by atoms with Crippen LogP contribution in [0.2, 0.25) is 0 Å². The maximum atomic E-state index is 13.1. The molecular weight excluding hydrogens is 417 g/mol. The minimum atomic E-state index is -0.635. The number of ketones is 1. The number of halogens is 1. The number of ether oxygens (including phenoxy) is 1. The lowest BCUT2D eigenvalue weighted by Crippen LogP contribution is -2.49. The molecule has 1 unspecified atom stereocenters. The van der Waals surface area contributed by atoms with Crippen molar-refractivity contribution in [2.45, 2.75) is 25.3 Å². The first-order valence-electron chi connectivity index (χ1n) is 9.99. The van der Waals surface area contributed by atoms with Crippen LogP contribution in [0.1, 0.15) is 44.9 Å². The van der Waals surface area contributed by atoms with Crippen molar-refractivity contribution in [3.63, 3.8) is 0 Å². The van der Waals surface area contributed by atoms with Crippen molar-refractivity contribution in [1.82, 2.24) is 4.90 Å². The van der Waals surface area contributed by atoms with Crippen LogP contribution in [0.5, 0.6) is 5.75 Å². The Hall–Kier alpha value is -3.32. The van der Waals surface area contributed by atoms with E-state index in [2.05, 4.69) is 0 Å². The quantitative estimate of drug-likeness (QED) is 0.329. The summed E-state index contributed by atoms with van der Waals surface area (Å²) in [5, 5.41) is 1.83. The minimum Gasteiger partial charge on any atom is -0.425 e. The van der Waals surface area contributed by atoms with E-state index in [0.29, 0.717) is 34.7 Å². The summed E-state index contributed by atoms with van der Waals surface area (Å²) in [7, 11) is 0. The first kappa shape index (κ1) is 20.9. The van der Waals surface area contributed by atoms with Gasteiger partial charge >= 0.3 is 5.97 Å². The summed E-state index contributed by atoms with van der Waals surface area (Å²) in [6, 6.07) is 14.4. The zero-order valence-electron chi connectivity index (χ0n) is 16.6. The number of hydrogen-bond donors (Lipinski definition) is 0. The van der Waals surface area contributed by atoms with Gasteiger partial charge in [-0.3, -0.25) is 9.59 Å². The molecule has 0 radical (unpaired) electrons. The Bertz CT molecular complexity index is 1080. The third kappa shape index (κ3) is 4.72. The van der Waals surface area contributed by atoms with E-state index in [4.69, 9.17) is 4.74 Å². The molecule has 2 heterocycles. The van der Waals surface area contributed by atoms with Gasteiger partial charge in [0.15, 0.2) is 5.78 Å². The average molecular weight is 437 g/mol. The van der Waals surface area contributed by atoms with Crippen LogP contribution in [0.15, 0.2) is 66.0 Å². The molecule has 1 atom stereocenters. The SMILES string of the molecule is O=C(c1ccc(F)cc1)c1ccc(OC(=O)C2CCCCN2C(=O)c2cccs2)cc1. The second-order valence-corrected chi connectivity index (χ2v) is 8.22. The number of likely N-dealkylation sites (tertiary alicyclic amines) is 1. The van der Waals surface area contributed by atoms with E-state index >= 15 is 0 Å². The van der Waals surface area contributed by atoms with Crippen molar-refractivity contribution in [2.24, 2.45) is 0 Å². The molecule has 1 saturated heterocycles. The predicted molar refractivity (Wildman–Crippen MR) is 115 cm³/mol. The molecule has 2 aromatic carbocycles. The molecule has 0 saturated carbocycles. The number of thiophene rings is 1. The number of esters is 1. The van der Waals surface area contributed by atoms with Crippen LogP contribution in [0.25, 0.3) is 0 Å². The van der Waals surface area contributed by atoms with Gasteiger partial charge in [-0.25, -0.2) is 9.18 Å². The van der Waals surface area contributed by atoms with Crippen molar-refractivity contribution in [3.8, 4) is 5.75 Å². The van der Waals surface area contributed by atoms with Crippen LogP contribution in [-0.2, 0) is 4.79 Å². The van der Waals surface area contributed by atoms with Crippen LogP contribution < -0.4 is 4.74 Å². The molecule has 7 heteroatoms. The molecule has 3 aromatic rings. The van der Waals surface area contributed by atoms with E-state index < -0.39 is 17.8 Å². The molecule has 4 rings (SSSR count). The summed E-state index contributed by atoms with van der Waals surface area (Å²) < 4.78 is 18.6. The lowest BCUT2D eigenvalue weighted by Gasteiger charge is -2.33. The number of rotatable bonds is 5. The molecule has 31 heavy (non-hydrogen) atoms. The van der Waals surface area contributed by atoms with E-state index in [9.17, 15) is 18.8 Å². The Balaban J connectivity index is 1.44. The summed E-state index contributed by atoms with van der Waals surface area (Å²) in [5.41, 5.74) is 0.773. The predicted octanol–water partition coefficient (Wildman–Crippen LogP) is 4.72. The molecule has 1 aliphatic rings. The van der Waals surface area contributed by atoms with Gasteiger partial charge in [0.25, 0.3) is 5.91 Å². The minimum absolute atomic E-state index is 0.156. The van der Waals surface area contributed by atoms with E-state index in [0.717, 1.165) is 12.8 Å². The third-order valence-electron chi connectivity index (χ3n) is 5.21. The van der Waals surface area contributed by atoms with Crippen molar-refractivity contribution < 1.29 is 23.5 Å². The van der Waals surface area contributed by atoms with Gasteiger partial charge in [-0.05, 0) is 79.2 Å². The average Bonchev–Trinajstić information content (AvgIpc) is 3.34. The first-order valence-corrected chi connectivity index (χ1v) is 10.9. The number of carbonyl (C=O) groups excluding carboxylic acids is 3. The number of carbonyl (C=O) groups is 3. The molecule has 0 N–H and O–H groups in total. The lowest BCUT2D eigenvalue weighted by atomic mass is 10.0. The fraction of sp³-hybridized carbons (Fsp3) is 0.208. The molecule has 0 spiro atoms. The van der Waals surface area contributed by atoms with E-state index in [1.807, 2.05) is 11.4 Å². The first-order chi connectivity index (χ1) is 15.0. The number of amides is 1. The van der Waals surface area contributed by atoms with Crippen LogP contribution in [-0.4, -0.2) is 35.1 Å². The van der Waals surface area contributed by atoms with E-state index in [-0.39, 0.29) is 11.7 Å².